The van der Waals surface area contributed by atoms with Crippen LogP contribution in [-0.4, -0.2) is 39.4 Å². The molecule has 17 heavy (non-hydrogen) atoms. The summed E-state index contributed by atoms with van der Waals surface area (Å²) < 4.78 is 9.99. The van der Waals surface area contributed by atoms with Crippen molar-refractivity contribution in [3.63, 3.8) is 0 Å². The normalized spacial score (nSPS) is 18.1. The van der Waals surface area contributed by atoms with Gasteiger partial charge in [0.25, 0.3) is 0 Å². The number of carbonyl (C=O) groups excluding carboxylic acids is 1. The molecule has 1 aliphatic rings. The highest BCUT2D eigenvalue weighted by Gasteiger charge is 2.30. The van der Waals surface area contributed by atoms with Gasteiger partial charge in [-0.15, -0.1) is 0 Å². The third kappa shape index (κ3) is 5.04. The Morgan fingerprint density at radius 3 is 2.65 bits per heavy atom. The van der Waals surface area contributed by atoms with E-state index < -0.39 is 0 Å². The van der Waals surface area contributed by atoms with Crippen LogP contribution in [0.2, 0.25) is 0 Å². The summed E-state index contributed by atoms with van der Waals surface area (Å²) in [7, 11) is 1.42. The van der Waals surface area contributed by atoms with Crippen LogP contribution in [0.3, 0.4) is 0 Å². The zero-order valence-corrected chi connectivity index (χ0v) is 11.3. The Kier molecular flexibility index (Phi) is 5.92. The number of rotatable bonds is 6. The van der Waals surface area contributed by atoms with Crippen molar-refractivity contribution in [2.75, 3.05) is 33.4 Å². The predicted molar refractivity (Wildman–Crippen MR) is 66.8 cm³/mol. The molecule has 1 fully saturated rings. The highest BCUT2D eigenvalue weighted by atomic mass is 16.5. The van der Waals surface area contributed by atoms with E-state index in [4.69, 9.17) is 4.74 Å². The van der Waals surface area contributed by atoms with E-state index in [1.807, 2.05) is 0 Å². The molecule has 0 saturated carbocycles. The summed E-state index contributed by atoms with van der Waals surface area (Å²) in [5.74, 6) is 0.559. The third-order valence-corrected chi connectivity index (χ3v) is 3.64. The molecule has 0 atom stereocenters. The van der Waals surface area contributed by atoms with Gasteiger partial charge in [0.05, 0.1) is 13.5 Å². The summed E-state index contributed by atoms with van der Waals surface area (Å²) in [6.45, 7) is 7.97. The van der Waals surface area contributed by atoms with Crippen molar-refractivity contribution < 1.29 is 14.3 Å². The van der Waals surface area contributed by atoms with Crippen LogP contribution >= 0.6 is 0 Å². The Bertz CT molecular complexity index is 235. The molecule has 0 aromatic heterocycles. The summed E-state index contributed by atoms with van der Waals surface area (Å²) in [5.41, 5.74) is 0.264. The number of ether oxygens (including phenoxy) is 2. The van der Waals surface area contributed by atoms with Crippen molar-refractivity contribution in [3.8, 4) is 0 Å². The molecule has 1 saturated heterocycles. The van der Waals surface area contributed by atoms with Gasteiger partial charge < -0.3 is 14.8 Å². The number of carbonyl (C=O) groups is 1. The minimum atomic E-state index is -0.152. The average Bonchev–Trinajstić information content (AvgIpc) is 2.35. The maximum Gasteiger partial charge on any atom is 0.306 e. The average molecular weight is 243 g/mol. The van der Waals surface area contributed by atoms with E-state index in [1.54, 1.807) is 0 Å². The largest absolute Gasteiger partial charge is 0.469 e. The number of esters is 1. The molecule has 0 aliphatic carbocycles. The minimum absolute atomic E-state index is 0.152. The maximum atomic E-state index is 11.0. The van der Waals surface area contributed by atoms with Gasteiger partial charge in [0.1, 0.15) is 0 Å². The predicted octanol–water partition coefficient (Wildman–Crippen LogP) is 1.59. The standard InChI is InChI=1S/C13H25NO3/c1-13(2,11-5-8-17-9-6-11)10-14-7-4-12(15)16-3/h11,14H,4-10H2,1-3H3. The molecule has 0 radical (unpaired) electrons. The fraction of sp³-hybridized carbons (Fsp3) is 0.923. The zero-order valence-electron chi connectivity index (χ0n) is 11.3. The van der Waals surface area contributed by atoms with Crippen LogP contribution in [-0.2, 0) is 14.3 Å². The molecule has 0 unspecified atom stereocenters. The van der Waals surface area contributed by atoms with E-state index in [0.29, 0.717) is 18.9 Å². The molecule has 4 heteroatoms. The molecule has 0 amide bonds. The molecule has 1 aliphatic heterocycles. The molecule has 0 aromatic carbocycles. The second-order valence-corrected chi connectivity index (χ2v) is 5.38. The van der Waals surface area contributed by atoms with Crippen LogP contribution in [0, 0.1) is 11.3 Å². The molecule has 1 N–H and O–H groups in total. The number of hydrogen-bond donors (Lipinski definition) is 1. The second kappa shape index (κ2) is 6.97. The van der Waals surface area contributed by atoms with E-state index in [0.717, 1.165) is 32.6 Å². The molecule has 0 spiro atoms. The lowest BCUT2D eigenvalue weighted by Crippen LogP contribution is -2.39. The lowest BCUT2D eigenvalue weighted by Gasteiger charge is -2.37. The van der Waals surface area contributed by atoms with Gasteiger partial charge in [-0.2, -0.15) is 0 Å². The number of nitrogens with one attached hydrogen (secondary N) is 1. The van der Waals surface area contributed by atoms with Crippen molar-refractivity contribution in [3.05, 3.63) is 0 Å². The molecule has 1 rings (SSSR count). The first-order valence-corrected chi connectivity index (χ1v) is 6.41. The Morgan fingerprint density at radius 2 is 2.06 bits per heavy atom. The summed E-state index contributed by atoms with van der Waals surface area (Å²) in [6, 6.07) is 0. The quantitative estimate of drug-likeness (QED) is 0.568. The van der Waals surface area contributed by atoms with Gasteiger partial charge in [0.15, 0.2) is 0 Å². The third-order valence-electron chi connectivity index (χ3n) is 3.64. The van der Waals surface area contributed by atoms with Crippen molar-refractivity contribution in [1.82, 2.24) is 5.32 Å². The first-order chi connectivity index (χ1) is 8.06. The number of hydrogen-bond acceptors (Lipinski definition) is 4. The van der Waals surface area contributed by atoms with Crippen molar-refractivity contribution >= 4 is 5.97 Å². The van der Waals surface area contributed by atoms with Crippen LogP contribution in [0.25, 0.3) is 0 Å². The number of methoxy groups -OCH3 is 1. The first-order valence-electron chi connectivity index (χ1n) is 6.41. The fourth-order valence-corrected chi connectivity index (χ4v) is 2.33. The molecular formula is C13H25NO3. The van der Waals surface area contributed by atoms with Gasteiger partial charge >= 0.3 is 5.97 Å². The summed E-state index contributed by atoms with van der Waals surface area (Å²) in [6.07, 6.45) is 2.73. The Hall–Kier alpha value is -0.610. The molecule has 0 aromatic rings. The lowest BCUT2D eigenvalue weighted by atomic mass is 9.74. The van der Waals surface area contributed by atoms with Gasteiger partial charge in [-0.1, -0.05) is 13.8 Å². The van der Waals surface area contributed by atoms with Crippen LogP contribution in [0.1, 0.15) is 33.1 Å². The summed E-state index contributed by atoms with van der Waals surface area (Å²) in [5, 5.41) is 3.35. The Morgan fingerprint density at radius 1 is 1.41 bits per heavy atom. The van der Waals surface area contributed by atoms with E-state index in [2.05, 4.69) is 23.9 Å². The van der Waals surface area contributed by atoms with Crippen LogP contribution in [0.4, 0.5) is 0 Å². The highest BCUT2D eigenvalue weighted by molar-refractivity contribution is 5.69. The zero-order chi connectivity index (χ0) is 12.7. The van der Waals surface area contributed by atoms with Crippen LogP contribution < -0.4 is 5.32 Å². The SMILES string of the molecule is COC(=O)CCNCC(C)(C)C1CCOCC1. The Balaban J connectivity index is 2.21. The molecule has 0 bridgehead atoms. The van der Waals surface area contributed by atoms with Gasteiger partial charge in [0.2, 0.25) is 0 Å². The van der Waals surface area contributed by atoms with E-state index >= 15 is 0 Å². The van der Waals surface area contributed by atoms with Crippen LogP contribution in [0.5, 0.6) is 0 Å². The van der Waals surface area contributed by atoms with Crippen molar-refractivity contribution in [2.24, 2.45) is 11.3 Å². The Labute approximate surface area is 104 Å². The van der Waals surface area contributed by atoms with Crippen LogP contribution in [0.15, 0.2) is 0 Å². The second-order valence-electron chi connectivity index (χ2n) is 5.38. The van der Waals surface area contributed by atoms with Crippen molar-refractivity contribution in [1.29, 1.82) is 0 Å². The monoisotopic (exact) mass is 243 g/mol. The molecule has 4 nitrogen and oxygen atoms in total. The lowest BCUT2D eigenvalue weighted by molar-refractivity contribution is -0.140. The molecule has 100 valence electrons. The van der Waals surface area contributed by atoms with Crippen molar-refractivity contribution in [2.45, 2.75) is 33.1 Å². The maximum absolute atomic E-state index is 11.0. The topological polar surface area (TPSA) is 47.6 Å². The molecular weight excluding hydrogens is 218 g/mol. The minimum Gasteiger partial charge on any atom is -0.469 e. The summed E-state index contributed by atoms with van der Waals surface area (Å²) >= 11 is 0. The van der Waals surface area contributed by atoms with Gasteiger partial charge in [0, 0.05) is 26.3 Å². The fourth-order valence-electron chi connectivity index (χ4n) is 2.33. The van der Waals surface area contributed by atoms with E-state index in [-0.39, 0.29) is 11.4 Å². The van der Waals surface area contributed by atoms with Gasteiger partial charge in [-0.3, -0.25) is 4.79 Å². The highest BCUT2D eigenvalue weighted by Crippen LogP contribution is 2.33. The van der Waals surface area contributed by atoms with Gasteiger partial charge in [-0.25, -0.2) is 0 Å². The smallest absolute Gasteiger partial charge is 0.306 e. The van der Waals surface area contributed by atoms with Gasteiger partial charge in [-0.05, 0) is 24.2 Å². The first kappa shape index (κ1) is 14.5. The molecule has 1 heterocycles. The summed E-state index contributed by atoms with van der Waals surface area (Å²) in [4.78, 5) is 11.0. The van der Waals surface area contributed by atoms with E-state index in [9.17, 15) is 4.79 Å². The van der Waals surface area contributed by atoms with E-state index in [1.165, 1.54) is 7.11 Å².